The van der Waals surface area contributed by atoms with E-state index in [0.717, 1.165) is 36.0 Å². The first kappa shape index (κ1) is 14.8. The molecular weight excluding hydrogens is 298 g/mol. The fourth-order valence-electron chi connectivity index (χ4n) is 2.72. The number of halogens is 1. The molecule has 2 heterocycles. The van der Waals surface area contributed by atoms with Gasteiger partial charge < -0.3 is 4.90 Å². The second kappa shape index (κ2) is 6.30. The van der Waals surface area contributed by atoms with E-state index in [1.54, 1.807) is 6.20 Å². The minimum Gasteiger partial charge on any atom is -0.352 e. The predicted octanol–water partition coefficient (Wildman–Crippen LogP) is 2.49. The van der Waals surface area contributed by atoms with Crippen LogP contribution in [0.3, 0.4) is 0 Å². The standard InChI is InChI=1S/C16H16ClN5/c1-21-6-7-22(16-10-19-9-12(8-18)20-16)11-15(21)13-4-2-3-5-14(13)17/h2-5,9-10,15H,6-7,11H2,1H3/t15-/m0/s1. The normalized spacial score (nSPS) is 19.0. The van der Waals surface area contributed by atoms with Crippen LogP contribution in [0.25, 0.3) is 0 Å². The number of hydrogen-bond acceptors (Lipinski definition) is 5. The van der Waals surface area contributed by atoms with Gasteiger partial charge in [0.15, 0.2) is 5.69 Å². The van der Waals surface area contributed by atoms with E-state index in [0.29, 0.717) is 5.69 Å². The Balaban J connectivity index is 1.88. The van der Waals surface area contributed by atoms with Gasteiger partial charge in [-0.05, 0) is 18.7 Å². The maximum atomic E-state index is 8.97. The largest absolute Gasteiger partial charge is 0.352 e. The molecular formula is C16H16ClN5. The average molecular weight is 314 g/mol. The molecule has 5 nitrogen and oxygen atoms in total. The zero-order valence-corrected chi connectivity index (χ0v) is 13.0. The third-order valence-electron chi connectivity index (χ3n) is 3.97. The summed E-state index contributed by atoms with van der Waals surface area (Å²) in [5.41, 5.74) is 1.45. The van der Waals surface area contributed by atoms with Gasteiger partial charge in [0.25, 0.3) is 0 Å². The van der Waals surface area contributed by atoms with Gasteiger partial charge in [-0.2, -0.15) is 5.26 Å². The number of anilines is 1. The maximum absolute atomic E-state index is 8.97. The summed E-state index contributed by atoms with van der Waals surface area (Å²) in [4.78, 5) is 12.9. The maximum Gasteiger partial charge on any atom is 0.161 e. The summed E-state index contributed by atoms with van der Waals surface area (Å²) in [7, 11) is 2.10. The number of nitrogens with zero attached hydrogens (tertiary/aromatic N) is 5. The number of benzene rings is 1. The number of rotatable bonds is 2. The molecule has 0 saturated carbocycles. The van der Waals surface area contributed by atoms with Crippen molar-refractivity contribution in [1.29, 1.82) is 5.26 Å². The molecule has 3 rings (SSSR count). The average Bonchev–Trinajstić information content (AvgIpc) is 2.56. The van der Waals surface area contributed by atoms with Crippen LogP contribution in [-0.2, 0) is 0 Å². The minimum absolute atomic E-state index is 0.190. The van der Waals surface area contributed by atoms with Crippen molar-refractivity contribution >= 4 is 17.4 Å². The third-order valence-corrected chi connectivity index (χ3v) is 4.32. The van der Waals surface area contributed by atoms with E-state index >= 15 is 0 Å². The van der Waals surface area contributed by atoms with Gasteiger partial charge in [0.2, 0.25) is 0 Å². The number of piperazine rings is 1. The molecule has 0 N–H and O–H groups in total. The molecule has 1 aromatic carbocycles. The molecule has 0 radical (unpaired) electrons. The molecule has 1 aliphatic heterocycles. The van der Waals surface area contributed by atoms with E-state index in [4.69, 9.17) is 16.9 Å². The fraction of sp³-hybridized carbons (Fsp3) is 0.312. The van der Waals surface area contributed by atoms with Crippen LogP contribution in [0, 0.1) is 11.3 Å². The quantitative estimate of drug-likeness (QED) is 0.852. The Morgan fingerprint density at radius 1 is 1.27 bits per heavy atom. The third kappa shape index (κ3) is 2.89. The van der Waals surface area contributed by atoms with E-state index < -0.39 is 0 Å². The van der Waals surface area contributed by atoms with E-state index in [1.807, 2.05) is 24.3 Å². The Morgan fingerprint density at radius 3 is 2.86 bits per heavy atom. The lowest BCUT2D eigenvalue weighted by Gasteiger charge is -2.40. The highest BCUT2D eigenvalue weighted by atomic mass is 35.5. The lowest BCUT2D eigenvalue weighted by molar-refractivity contribution is 0.220. The Kier molecular flexibility index (Phi) is 4.23. The van der Waals surface area contributed by atoms with Crippen molar-refractivity contribution < 1.29 is 0 Å². The van der Waals surface area contributed by atoms with Crippen molar-refractivity contribution in [2.45, 2.75) is 6.04 Å². The zero-order chi connectivity index (χ0) is 15.5. The van der Waals surface area contributed by atoms with Crippen molar-refractivity contribution in [3.63, 3.8) is 0 Å². The summed E-state index contributed by atoms with van der Waals surface area (Å²) in [6, 6.07) is 10.1. The predicted molar refractivity (Wildman–Crippen MR) is 85.8 cm³/mol. The minimum atomic E-state index is 0.190. The topological polar surface area (TPSA) is 56.0 Å². The molecule has 1 aliphatic rings. The van der Waals surface area contributed by atoms with Gasteiger partial charge in [-0.25, -0.2) is 4.98 Å². The monoisotopic (exact) mass is 313 g/mol. The number of likely N-dealkylation sites (N-methyl/N-ethyl adjacent to an activating group) is 1. The molecule has 0 amide bonds. The highest BCUT2D eigenvalue weighted by Gasteiger charge is 2.27. The summed E-state index contributed by atoms with van der Waals surface area (Å²) < 4.78 is 0. The van der Waals surface area contributed by atoms with Gasteiger partial charge in [-0.1, -0.05) is 29.8 Å². The van der Waals surface area contributed by atoms with Crippen molar-refractivity contribution in [2.75, 3.05) is 31.6 Å². The molecule has 0 aliphatic carbocycles. The van der Waals surface area contributed by atoms with Gasteiger partial charge in [-0.15, -0.1) is 0 Å². The van der Waals surface area contributed by atoms with Gasteiger partial charge >= 0.3 is 0 Å². The van der Waals surface area contributed by atoms with Crippen molar-refractivity contribution in [3.05, 3.63) is 52.9 Å². The molecule has 0 spiro atoms. The number of hydrogen-bond donors (Lipinski definition) is 0. The Labute approximate surface area is 134 Å². The highest BCUT2D eigenvalue weighted by molar-refractivity contribution is 6.31. The lowest BCUT2D eigenvalue weighted by atomic mass is 10.0. The van der Waals surface area contributed by atoms with E-state index in [2.05, 4.69) is 32.9 Å². The van der Waals surface area contributed by atoms with Crippen molar-refractivity contribution in [2.24, 2.45) is 0 Å². The summed E-state index contributed by atoms with van der Waals surface area (Å²) in [6.45, 7) is 2.51. The molecule has 1 atom stereocenters. The van der Waals surface area contributed by atoms with E-state index in [9.17, 15) is 0 Å². The van der Waals surface area contributed by atoms with Crippen LogP contribution in [-0.4, -0.2) is 41.5 Å². The summed E-state index contributed by atoms with van der Waals surface area (Å²) >= 11 is 6.35. The van der Waals surface area contributed by atoms with Crippen molar-refractivity contribution in [1.82, 2.24) is 14.9 Å². The van der Waals surface area contributed by atoms with E-state index in [1.165, 1.54) is 6.20 Å². The smallest absolute Gasteiger partial charge is 0.161 e. The van der Waals surface area contributed by atoms with Crippen LogP contribution in [0.1, 0.15) is 17.3 Å². The highest BCUT2D eigenvalue weighted by Crippen LogP contribution is 2.30. The van der Waals surface area contributed by atoms with Gasteiger partial charge in [0, 0.05) is 24.7 Å². The van der Waals surface area contributed by atoms with Crippen LogP contribution in [0.2, 0.25) is 5.02 Å². The van der Waals surface area contributed by atoms with Gasteiger partial charge in [0.05, 0.1) is 18.4 Å². The van der Waals surface area contributed by atoms with Crippen LogP contribution in [0.5, 0.6) is 0 Å². The first-order valence-corrected chi connectivity index (χ1v) is 7.48. The zero-order valence-electron chi connectivity index (χ0n) is 12.3. The molecule has 6 heteroatoms. The molecule has 0 unspecified atom stereocenters. The Hall–Kier alpha value is -2.16. The second-order valence-electron chi connectivity index (χ2n) is 5.34. The first-order valence-electron chi connectivity index (χ1n) is 7.11. The molecule has 112 valence electrons. The molecule has 1 saturated heterocycles. The molecule has 22 heavy (non-hydrogen) atoms. The molecule has 2 aromatic rings. The fourth-order valence-corrected chi connectivity index (χ4v) is 2.99. The summed E-state index contributed by atoms with van der Waals surface area (Å²) in [5, 5.41) is 9.75. The SMILES string of the molecule is CN1CCN(c2cncc(C#N)n2)C[C@H]1c1ccccc1Cl. The Bertz CT molecular complexity index is 712. The number of aromatic nitrogens is 2. The lowest BCUT2D eigenvalue weighted by Crippen LogP contribution is -2.47. The van der Waals surface area contributed by atoms with E-state index in [-0.39, 0.29) is 6.04 Å². The van der Waals surface area contributed by atoms with Crippen LogP contribution >= 0.6 is 11.6 Å². The van der Waals surface area contributed by atoms with Gasteiger partial charge in [-0.3, -0.25) is 9.88 Å². The molecule has 0 bridgehead atoms. The molecule has 1 aromatic heterocycles. The van der Waals surface area contributed by atoms with Crippen LogP contribution in [0.15, 0.2) is 36.7 Å². The van der Waals surface area contributed by atoms with Crippen LogP contribution in [0.4, 0.5) is 5.82 Å². The Morgan fingerprint density at radius 2 is 2.09 bits per heavy atom. The number of nitriles is 1. The van der Waals surface area contributed by atoms with Gasteiger partial charge in [0.1, 0.15) is 11.9 Å². The van der Waals surface area contributed by atoms with Crippen molar-refractivity contribution in [3.8, 4) is 6.07 Å². The molecule has 1 fully saturated rings. The van der Waals surface area contributed by atoms with Crippen LogP contribution < -0.4 is 4.90 Å². The summed E-state index contributed by atoms with van der Waals surface area (Å²) in [5.74, 6) is 0.740. The summed E-state index contributed by atoms with van der Waals surface area (Å²) in [6.07, 6.45) is 3.18. The first-order chi connectivity index (χ1) is 10.7. The second-order valence-corrected chi connectivity index (χ2v) is 5.75.